The van der Waals surface area contributed by atoms with Gasteiger partial charge in [0.25, 0.3) is 7.82 Å². The van der Waals surface area contributed by atoms with E-state index in [1.807, 2.05) is 27.2 Å². The maximum Gasteiger partial charge on any atom is 0.306 e. The average molecular weight is 1060 g/mol. The summed E-state index contributed by atoms with van der Waals surface area (Å²) in [5.74, 6) is -0.653. The van der Waals surface area contributed by atoms with E-state index in [-0.39, 0.29) is 25.4 Å². The number of nitrogens with zero attached hydrogens (tertiary/aromatic N) is 1. The molecule has 0 aliphatic rings. The van der Waals surface area contributed by atoms with E-state index in [0.717, 1.165) is 96.3 Å². The fourth-order valence-electron chi connectivity index (χ4n) is 7.77. The molecule has 0 saturated carbocycles. The number of carbonyl (C=O) groups excluding carboxylic acids is 2. The number of hydrogen-bond acceptors (Lipinski definition) is 7. The number of amides is 1. The molecule has 428 valence electrons. The van der Waals surface area contributed by atoms with Crippen molar-refractivity contribution in [3.8, 4) is 0 Å². The third-order valence-electron chi connectivity index (χ3n) is 12.4. The quantitative estimate of drug-likeness (QED) is 0.0212. The van der Waals surface area contributed by atoms with E-state index in [4.69, 9.17) is 13.8 Å². The zero-order chi connectivity index (χ0) is 55.0. The van der Waals surface area contributed by atoms with E-state index in [0.29, 0.717) is 23.9 Å². The predicted molar refractivity (Wildman–Crippen MR) is 320 cm³/mol. The Hall–Kier alpha value is -3.59. The highest BCUT2D eigenvalue weighted by molar-refractivity contribution is 7.45. The first-order valence-electron chi connectivity index (χ1n) is 29.8. The first kappa shape index (κ1) is 71.4. The lowest BCUT2D eigenvalue weighted by molar-refractivity contribution is -0.870. The van der Waals surface area contributed by atoms with Gasteiger partial charge in [0.2, 0.25) is 5.91 Å². The zero-order valence-corrected chi connectivity index (χ0v) is 49.6. The number of allylic oxidation sites excluding steroid dienone is 19. The van der Waals surface area contributed by atoms with Crippen LogP contribution < -0.4 is 10.2 Å². The summed E-state index contributed by atoms with van der Waals surface area (Å²) in [7, 11) is 1.11. The number of esters is 1. The summed E-state index contributed by atoms with van der Waals surface area (Å²) in [6, 6.07) is -0.936. The molecule has 0 spiro atoms. The van der Waals surface area contributed by atoms with Gasteiger partial charge in [-0.2, -0.15) is 0 Å². The van der Waals surface area contributed by atoms with Crippen LogP contribution in [0.15, 0.2) is 122 Å². The van der Waals surface area contributed by atoms with Gasteiger partial charge in [0.15, 0.2) is 0 Å². The van der Waals surface area contributed by atoms with Gasteiger partial charge >= 0.3 is 5.97 Å². The van der Waals surface area contributed by atoms with Crippen molar-refractivity contribution in [1.29, 1.82) is 0 Å². The van der Waals surface area contributed by atoms with Crippen molar-refractivity contribution in [3.05, 3.63) is 122 Å². The zero-order valence-electron chi connectivity index (χ0n) is 48.7. The molecule has 75 heavy (non-hydrogen) atoms. The molecule has 0 aliphatic heterocycles. The molecule has 9 nitrogen and oxygen atoms in total. The third-order valence-corrected chi connectivity index (χ3v) is 13.3. The summed E-state index contributed by atoms with van der Waals surface area (Å²) in [4.78, 5) is 39.9. The van der Waals surface area contributed by atoms with Gasteiger partial charge < -0.3 is 28.5 Å². The van der Waals surface area contributed by atoms with E-state index >= 15 is 0 Å². The molecule has 0 heterocycles. The second-order valence-electron chi connectivity index (χ2n) is 20.8. The van der Waals surface area contributed by atoms with Crippen molar-refractivity contribution in [3.63, 3.8) is 0 Å². The standard InChI is InChI=1S/C65H111N2O7P/c1-7-10-13-16-19-22-25-28-30-32-33-35-36-39-42-45-48-51-54-57-64(68)66-62(61-73-75(70,71)72-60-59-67(4,5)6)63(56-53-50-47-44-41-38-27-24-21-18-15-12-9-3)74-65(69)58-55-52-49-46-43-40-37-34-31-29-26-23-20-17-14-11-8-2/h10,13,19-20,22-23,28-31,33,35,37,39-40,42,46,49,53,56,62-63H,7-9,11-12,14-18,21,24-27,32,34,36,38,41,43-45,47-48,50-52,54-55,57-61H2,1-6H3,(H-,66,68,70,71)/b13-10-,22-19-,23-20-,30-28-,31-29-,35-33-,40-37-,42-39-,49-46-,56-53+. The second kappa shape index (κ2) is 53.8. The largest absolute Gasteiger partial charge is 0.756 e. The minimum atomic E-state index is -4.73. The summed E-state index contributed by atoms with van der Waals surface area (Å²) in [5.41, 5.74) is 0. The lowest BCUT2D eigenvalue weighted by atomic mass is 10.0. The first-order valence-corrected chi connectivity index (χ1v) is 31.3. The van der Waals surface area contributed by atoms with Gasteiger partial charge in [0.05, 0.1) is 33.8 Å². The Labute approximate surface area is 461 Å². The number of likely N-dealkylation sites (N-methyl/N-ethyl adjacent to an activating group) is 1. The summed E-state index contributed by atoms with van der Waals surface area (Å²) in [6.07, 6.45) is 74.6. The van der Waals surface area contributed by atoms with Gasteiger partial charge in [-0.3, -0.25) is 14.2 Å². The first-order chi connectivity index (χ1) is 36.4. The maximum atomic E-state index is 13.5. The van der Waals surface area contributed by atoms with Crippen molar-refractivity contribution < 1.29 is 37.3 Å². The summed E-state index contributed by atoms with van der Waals surface area (Å²) in [6.45, 7) is 6.62. The highest BCUT2D eigenvalue weighted by Crippen LogP contribution is 2.38. The van der Waals surface area contributed by atoms with Crippen molar-refractivity contribution in [2.75, 3.05) is 40.9 Å². The molecular formula is C65H111N2O7P. The van der Waals surface area contributed by atoms with Crippen LogP contribution in [0.3, 0.4) is 0 Å². The number of phosphoric ester groups is 1. The van der Waals surface area contributed by atoms with Crippen molar-refractivity contribution >= 4 is 19.7 Å². The molecule has 10 heteroatoms. The van der Waals surface area contributed by atoms with Crippen molar-refractivity contribution in [2.24, 2.45) is 0 Å². The maximum absolute atomic E-state index is 13.5. The van der Waals surface area contributed by atoms with Crippen LogP contribution in [0, 0.1) is 0 Å². The number of hydrogen-bond donors (Lipinski definition) is 1. The molecular weight excluding hydrogens is 952 g/mol. The minimum absolute atomic E-state index is 0.0440. The Morgan fingerprint density at radius 2 is 0.867 bits per heavy atom. The summed E-state index contributed by atoms with van der Waals surface area (Å²) < 4.78 is 30.2. The monoisotopic (exact) mass is 1060 g/mol. The SMILES string of the molecule is CC/C=C\C/C=C\C/C=C\C/C=C\C/C=C\CCCCCC(=O)NC(COP(=O)([O-])OCC[N+](C)(C)C)C(/C=C/CCCCCCCCCCCCC)OC(=O)CCC/C=C\C/C=C\C/C=C\C/C=C\CCCCC. The molecule has 0 aromatic rings. The molecule has 0 aliphatic carbocycles. The molecule has 3 unspecified atom stereocenters. The van der Waals surface area contributed by atoms with Gasteiger partial charge in [-0.05, 0) is 115 Å². The van der Waals surface area contributed by atoms with Crippen LogP contribution in [0.5, 0.6) is 0 Å². The van der Waals surface area contributed by atoms with Crippen molar-refractivity contribution in [1.82, 2.24) is 5.32 Å². The Balaban J connectivity index is 5.50. The van der Waals surface area contributed by atoms with E-state index < -0.39 is 32.5 Å². The van der Waals surface area contributed by atoms with E-state index in [1.54, 1.807) is 6.08 Å². The molecule has 0 rings (SSSR count). The molecule has 0 aromatic carbocycles. The molecule has 0 radical (unpaired) electrons. The van der Waals surface area contributed by atoms with Gasteiger partial charge in [0.1, 0.15) is 19.3 Å². The topological polar surface area (TPSA) is 114 Å². The summed E-state index contributed by atoms with van der Waals surface area (Å²) in [5, 5.41) is 2.99. The van der Waals surface area contributed by atoms with Crippen LogP contribution in [0.1, 0.15) is 226 Å². The Morgan fingerprint density at radius 1 is 0.480 bits per heavy atom. The number of carbonyl (C=O) groups is 2. The molecule has 1 amide bonds. The van der Waals surface area contributed by atoms with Gasteiger partial charge in [-0.25, -0.2) is 0 Å². The van der Waals surface area contributed by atoms with Crippen LogP contribution in [-0.4, -0.2) is 69.4 Å². The van der Waals surface area contributed by atoms with Crippen LogP contribution >= 0.6 is 7.82 Å². The number of phosphoric acid groups is 1. The number of rotatable bonds is 52. The van der Waals surface area contributed by atoms with Crippen LogP contribution in [0.2, 0.25) is 0 Å². The van der Waals surface area contributed by atoms with E-state index in [9.17, 15) is 19.0 Å². The normalized spacial score (nSPS) is 14.6. The van der Waals surface area contributed by atoms with Gasteiger partial charge in [-0.1, -0.05) is 220 Å². The highest BCUT2D eigenvalue weighted by Gasteiger charge is 2.27. The van der Waals surface area contributed by atoms with E-state index in [2.05, 4.69) is 135 Å². The highest BCUT2D eigenvalue weighted by atomic mass is 31.2. The van der Waals surface area contributed by atoms with Gasteiger partial charge in [-0.15, -0.1) is 0 Å². The molecule has 1 N–H and O–H groups in total. The fraction of sp³-hybridized carbons (Fsp3) is 0.662. The van der Waals surface area contributed by atoms with E-state index in [1.165, 1.54) is 83.5 Å². The molecule has 0 bridgehead atoms. The summed E-state index contributed by atoms with van der Waals surface area (Å²) >= 11 is 0. The van der Waals surface area contributed by atoms with Gasteiger partial charge in [0, 0.05) is 12.8 Å². The van der Waals surface area contributed by atoms with Crippen molar-refractivity contribution in [2.45, 2.75) is 238 Å². The third kappa shape index (κ3) is 55.0. The fourth-order valence-corrected chi connectivity index (χ4v) is 8.50. The van der Waals surface area contributed by atoms with Crippen LogP contribution in [0.25, 0.3) is 0 Å². The molecule has 0 fully saturated rings. The number of quaternary nitrogens is 1. The lowest BCUT2D eigenvalue weighted by Gasteiger charge is -2.30. The Bertz CT molecular complexity index is 1700. The Morgan fingerprint density at radius 3 is 1.33 bits per heavy atom. The molecule has 3 atom stereocenters. The second-order valence-corrected chi connectivity index (χ2v) is 22.2. The van der Waals surface area contributed by atoms with Crippen LogP contribution in [-0.2, 0) is 27.9 Å². The van der Waals surface area contributed by atoms with Crippen LogP contribution in [0.4, 0.5) is 0 Å². The smallest absolute Gasteiger partial charge is 0.306 e. The number of nitrogens with one attached hydrogen (secondary N) is 1. The number of unbranched alkanes of at least 4 members (excludes halogenated alkanes) is 18. The lowest BCUT2D eigenvalue weighted by Crippen LogP contribution is -2.47. The average Bonchev–Trinajstić information content (AvgIpc) is 3.37. The Kier molecular flexibility index (Phi) is 51.2. The predicted octanol–water partition coefficient (Wildman–Crippen LogP) is 17.7. The molecule has 0 aromatic heterocycles. The number of ether oxygens (including phenoxy) is 1. The minimum Gasteiger partial charge on any atom is -0.756 e. The molecule has 0 saturated heterocycles.